The van der Waals surface area contributed by atoms with Crippen LogP contribution in [-0.4, -0.2) is 17.3 Å². The highest BCUT2D eigenvalue weighted by molar-refractivity contribution is 7.78. The Balaban J connectivity index is 3.32. The van der Waals surface area contributed by atoms with Crippen molar-refractivity contribution in [2.75, 3.05) is 6.66 Å². The fourth-order valence-corrected chi connectivity index (χ4v) is 3.94. The van der Waals surface area contributed by atoms with E-state index in [0.29, 0.717) is 5.16 Å². The van der Waals surface area contributed by atoms with E-state index < -0.39 is 6.89 Å². The van der Waals surface area contributed by atoms with Gasteiger partial charge in [-0.1, -0.05) is 20.8 Å². The summed E-state index contributed by atoms with van der Waals surface area (Å²) < 4.78 is 0. The van der Waals surface area contributed by atoms with Gasteiger partial charge in [-0.25, -0.2) is 0 Å². The molecule has 0 bridgehead atoms. The molecule has 1 atom stereocenters. The minimum absolute atomic E-state index is 0.381. The van der Waals surface area contributed by atoms with Gasteiger partial charge in [0.2, 0.25) is 0 Å². The molecule has 68 valence electrons. The van der Waals surface area contributed by atoms with Crippen LogP contribution in [0.4, 0.5) is 0 Å². The second-order valence-electron chi connectivity index (χ2n) is 4.80. The summed E-state index contributed by atoms with van der Waals surface area (Å²) in [5.74, 6) is 2.45. The van der Waals surface area contributed by atoms with Gasteiger partial charge in [0.05, 0.1) is 0 Å². The molecule has 0 N–H and O–H groups in total. The largest absolute Gasteiger partial charge is 0.119 e. The van der Waals surface area contributed by atoms with Crippen LogP contribution in [0, 0.1) is 0 Å². The van der Waals surface area contributed by atoms with E-state index in [4.69, 9.17) is 0 Å². The summed E-state index contributed by atoms with van der Waals surface area (Å²) in [4.78, 5) is 0. The Hall–Kier alpha value is -0.180. The van der Waals surface area contributed by atoms with Crippen LogP contribution in [0.25, 0.3) is 0 Å². The maximum Gasteiger partial charge on any atom is -0.00631 e. The summed E-state index contributed by atoms with van der Waals surface area (Å²) in [6, 6.07) is 0. The first kappa shape index (κ1) is 9.90. The van der Waals surface area contributed by atoms with E-state index in [2.05, 4.69) is 52.6 Å². The van der Waals surface area contributed by atoms with Crippen LogP contribution < -0.4 is 0 Å². The quantitative estimate of drug-likeness (QED) is 0.501. The lowest BCUT2D eigenvalue weighted by molar-refractivity contribution is 0.788. The lowest BCUT2D eigenvalue weighted by Gasteiger charge is -2.29. The molecule has 0 spiro atoms. The van der Waals surface area contributed by atoms with Crippen molar-refractivity contribution in [2.45, 2.75) is 39.8 Å². The number of allylic oxidation sites excluding steroid dienone is 2. The molecule has 1 aliphatic rings. The van der Waals surface area contributed by atoms with Crippen molar-refractivity contribution >= 4 is 12.3 Å². The molecule has 1 aliphatic heterocycles. The molecule has 0 nitrogen and oxygen atoms in total. The Labute approximate surface area is 76.3 Å². The van der Waals surface area contributed by atoms with Gasteiger partial charge in [0.15, 0.2) is 0 Å². The van der Waals surface area contributed by atoms with Crippen molar-refractivity contribution in [3.8, 4) is 0 Å². The minimum Gasteiger partial charge on any atom is -0.119 e. The highest BCUT2D eigenvalue weighted by Crippen LogP contribution is 2.59. The predicted molar refractivity (Wildman–Crippen MR) is 60.5 cm³/mol. The maximum atomic E-state index is 3.66. The Bertz CT molecular complexity index is 317. The molecule has 1 unspecified atom stereocenters. The first-order valence-corrected chi connectivity index (χ1v) is 6.75. The molecule has 0 radical (unpaired) electrons. The van der Waals surface area contributed by atoms with Gasteiger partial charge >= 0.3 is 0 Å². The standard InChI is InChI=1S/C11H19P/c1-9-7-12(6,8-10(9)2)11(3,4)5/h7H,1-6H3. The Morgan fingerprint density at radius 3 is 1.92 bits per heavy atom. The molecular weight excluding hydrogens is 163 g/mol. The third-order valence-electron chi connectivity index (χ3n) is 2.84. The summed E-state index contributed by atoms with van der Waals surface area (Å²) in [6.45, 7) is 12.6. The van der Waals surface area contributed by atoms with Crippen molar-refractivity contribution in [1.82, 2.24) is 0 Å². The lowest BCUT2D eigenvalue weighted by atomic mass is 10.2. The Kier molecular flexibility index (Phi) is 2.19. The van der Waals surface area contributed by atoms with Gasteiger partial charge in [-0.15, -0.1) is 5.45 Å². The topological polar surface area (TPSA) is 0 Å². The summed E-state index contributed by atoms with van der Waals surface area (Å²) >= 11 is 0. The zero-order chi connectivity index (χ0) is 9.57. The van der Waals surface area contributed by atoms with Crippen LogP contribution >= 0.6 is 6.89 Å². The van der Waals surface area contributed by atoms with Crippen LogP contribution in [0.2, 0.25) is 0 Å². The van der Waals surface area contributed by atoms with E-state index in [1.807, 2.05) is 0 Å². The van der Waals surface area contributed by atoms with Crippen LogP contribution in [0.15, 0.2) is 17.0 Å². The van der Waals surface area contributed by atoms with Crippen molar-refractivity contribution in [3.63, 3.8) is 0 Å². The van der Waals surface area contributed by atoms with Gasteiger partial charge in [0.1, 0.15) is 0 Å². The van der Waals surface area contributed by atoms with E-state index in [1.165, 1.54) is 11.1 Å². The normalized spacial score (nSPS) is 29.5. The zero-order valence-electron chi connectivity index (χ0n) is 9.02. The van der Waals surface area contributed by atoms with Crippen molar-refractivity contribution in [2.24, 2.45) is 0 Å². The van der Waals surface area contributed by atoms with E-state index in [1.54, 1.807) is 0 Å². The molecule has 0 aliphatic carbocycles. The molecule has 1 rings (SSSR count). The first-order valence-electron chi connectivity index (χ1n) is 4.44. The van der Waals surface area contributed by atoms with Gasteiger partial charge < -0.3 is 0 Å². The minimum atomic E-state index is -1.07. The maximum absolute atomic E-state index is 3.66. The highest BCUT2D eigenvalue weighted by atomic mass is 31.2. The second-order valence-corrected chi connectivity index (χ2v) is 8.77. The third-order valence-corrected chi connectivity index (χ3v) is 7.33. The molecule has 0 aromatic heterocycles. The third kappa shape index (κ3) is 1.47. The van der Waals surface area contributed by atoms with E-state index in [0.717, 1.165) is 0 Å². The summed E-state index contributed by atoms with van der Waals surface area (Å²) in [7, 11) is 0. The zero-order valence-corrected chi connectivity index (χ0v) is 9.92. The molecular formula is C11H19P. The van der Waals surface area contributed by atoms with Crippen LogP contribution in [0.1, 0.15) is 34.6 Å². The monoisotopic (exact) mass is 182 g/mol. The molecule has 1 heterocycles. The molecule has 12 heavy (non-hydrogen) atoms. The average Bonchev–Trinajstić information content (AvgIpc) is 2.06. The van der Waals surface area contributed by atoms with Crippen LogP contribution in [0.3, 0.4) is 0 Å². The number of hydrogen-bond donors (Lipinski definition) is 0. The summed E-state index contributed by atoms with van der Waals surface area (Å²) in [6.07, 6.45) is 0. The molecule has 1 heteroatoms. The average molecular weight is 182 g/mol. The predicted octanol–water partition coefficient (Wildman–Crippen LogP) is 3.70. The van der Waals surface area contributed by atoms with E-state index in [9.17, 15) is 0 Å². The molecule has 0 aromatic rings. The van der Waals surface area contributed by atoms with Gasteiger partial charge in [-0.3, -0.25) is 0 Å². The fraction of sp³-hybridized carbons (Fsp3) is 0.636. The lowest BCUT2D eigenvalue weighted by Crippen LogP contribution is -2.12. The van der Waals surface area contributed by atoms with Gasteiger partial charge in [-0.05, 0) is 49.5 Å². The fourth-order valence-electron chi connectivity index (χ4n) is 1.31. The first-order chi connectivity index (χ1) is 5.26. The summed E-state index contributed by atoms with van der Waals surface area (Å²) in [5.41, 5.74) is 6.45. The SMILES string of the molecule is CC1=C=P(C)(C(C)(C)C)C=C1C. The van der Waals surface area contributed by atoms with Crippen molar-refractivity contribution < 1.29 is 0 Å². The molecule has 0 saturated heterocycles. The summed E-state index contributed by atoms with van der Waals surface area (Å²) in [5, 5.41) is 0.381. The molecule has 0 amide bonds. The number of hydrogen-bond acceptors (Lipinski definition) is 0. The van der Waals surface area contributed by atoms with Crippen LogP contribution in [0.5, 0.6) is 0 Å². The van der Waals surface area contributed by atoms with E-state index in [-0.39, 0.29) is 0 Å². The molecule has 0 fully saturated rings. The second kappa shape index (κ2) is 2.66. The van der Waals surface area contributed by atoms with Gasteiger partial charge in [0.25, 0.3) is 0 Å². The highest BCUT2D eigenvalue weighted by Gasteiger charge is 2.27. The number of rotatable bonds is 0. The Morgan fingerprint density at radius 2 is 1.75 bits per heavy atom. The van der Waals surface area contributed by atoms with Gasteiger partial charge in [-0.2, -0.15) is 0 Å². The molecule has 0 saturated carbocycles. The van der Waals surface area contributed by atoms with E-state index >= 15 is 0 Å². The van der Waals surface area contributed by atoms with Crippen molar-refractivity contribution in [3.05, 3.63) is 17.0 Å². The van der Waals surface area contributed by atoms with Crippen molar-refractivity contribution in [1.29, 1.82) is 0 Å². The van der Waals surface area contributed by atoms with Crippen LogP contribution in [-0.2, 0) is 0 Å². The Morgan fingerprint density at radius 1 is 1.25 bits per heavy atom. The molecule has 0 aromatic carbocycles. The van der Waals surface area contributed by atoms with Gasteiger partial charge in [0, 0.05) is 0 Å². The smallest absolute Gasteiger partial charge is 0.00631 e.